The van der Waals surface area contributed by atoms with E-state index in [0.717, 1.165) is 109 Å². The van der Waals surface area contributed by atoms with Crippen LogP contribution in [0, 0.1) is 13.8 Å². The number of carboxylic acids is 1. The average molecular weight is 1090 g/mol. The molecular formula is C63H62N10O8. The number of carbonyl (C=O) groups excluding carboxylic acids is 1. The van der Waals surface area contributed by atoms with Gasteiger partial charge in [-0.3, -0.25) is 0 Å². The molecule has 0 aliphatic heterocycles. The van der Waals surface area contributed by atoms with Crippen LogP contribution >= 0.6 is 0 Å². The van der Waals surface area contributed by atoms with Gasteiger partial charge in [0.25, 0.3) is 0 Å². The van der Waals surface area contributed by atoms with Crippen LogP contribution in [-0.2, 0) is 49.9 Å². The number of unbranched alkanes of at least 4 members (excludes halogenated alkanes) is 1. The first-order valence-electron chi connectivity index (χ1n) is 26.9. The Labute approximate surface area is 466 Å². The summed E-state index contributed by atoms with van der Waals surface area (Å²) >= 11 is 0. The summed E-state index contributed by atoms with van der Waals surface area (Å²) in [5.74, 6) is 1.02. The number of carbonyl (C=O) groups is 2. The van der Waals surface area contributed by atoms with Crippen molar-refractivity contribution in [2.45, 2.75) is 98.9 Å². The second-order valence-electron chi connectivity index (χ2n) is 20.5. The Morgan fingerprint density at radius 2 is 1.35 bits per heavy atom. The molecule has 5 aromatic heterocycles. The van der Waals surface area contributed by atoms with Crippen molar-refractivity contribution in [1.29, 1.82) is 0 Å². The van der Waals surface area contributed by atoms with E-state index < -0.39 is 23.4 Å². The maximum Gasteiger partial charge on any atom is 0.519 e. The van der Waals surface area contributed by atoms with Crippen molar-refractivity contribution < 1.29 is 33.4 Å². The smallest absolute Gasteiger partial charge is 0.478 e. The lowest BCUT2D eigenvalue weighted by atomic mass is 9.98. The van der Waals surface area contributed by atoms with E-state index in [4.69, 9.17) is 23.5 Å². The largest absolute Gasteiger partial charge is 0.519 e. The van der Waals surface area contributed by atoms with Crippen LogP contribution in [-0.4, -0.2) is 71.4 Å². The number of tetrazole rings is 1. The number of hydrogen-bond acceptors (Lipinski definition) is 13. The number of aryl methyl sites for hydroxylation is 5. The summed E-state index contributed by atoms with van der Waals surface area (Å²) in [4.78, 5) is 51.3. The maximum absolute atomic E-state index is 13.5. The van der Waals surface area contributed by atoms with E-state index in [1.54, 1.807) is 37.5 Å². The van der Waals surface area contributed by atoms with Crippen molar-refractivity contribution in [2.75, 3.05) is 0 Å². The minimum atomic E-state index is -1.41. The van der Waals surface area contributed by atoms with Gasteiger partial charge in [-0.25, -0.2) is 29.3 Å². The van der Waals surface area contributed by atoms with Crippen molar-refractivity contribution >= 4 is 34.0 Å². The fourth-order valence-electron chi connectivity index (χ4n) is 10.2. The third-order valence-electron chi connectivity index (χ3n) is 14.3. The van der Waals surface area contributed by atoms with Gasteiger partial charge >= 0.3 is 17.8 Å². The van der Waals surface area contributed by atoms with Crippen molar-refractivity contribution in [3.8, 4) is 45.0 Å². The molecule has 6 aromatic carbocycles. The molecule has 81 heavy (non-hydrogen) atoms. The van der Waals surface area contributed by atoms with Gasteiger partial charge in [0.2, 0.25) is 5.82 Å². The van der Waals surface area contributed by atoms with Gasteiger partial charge in [0.1, 0.15) is 28.8 Å². The number of H-pyrrole nitrogens is 1. The lowest BCUT2D eigenvalue weighted by Crippen LogP contribution is -2.23. The van der Waals surface area contributed by atoms with Gasteiger partial charge in [-0.1, -0.05) is 123 Å². The molecule has 0 aliphatic rings. The summed E-state index contributed by atoms with van der Waals surface area (Å²) in [5.41, 5.74) is 12.1. The second kappa shape index (κ2) is 23.4. The summed E-state index contributed by atoms with van der Waals surface area (Å²) in [6.07, 6.45) is 4.45. The molecule has 0 amide bonds. The third kappa shape index (κ3) is 11.6. The van der Waals surface area contributed by atoms with E-state index in [9.17, 15) is 24.6 Å². The number of fused-ring (bicyclic) bond motifs is 2. The molecule has 0 fully saturated rings. The van der Waals surface area contributed by atoms with Gasteiger partial charge < -0.3 is 37.5 Å². The minimum absolute atomic E-state index is 0.115. The third-order valence-corrected chi connectivity index (χ3v) is 14.3. The van der Waals surface area contributed by atoms with Crippen LogP contribution in [0.3, 0.4) is 0 Å². The number of esters is 1. The van der Waals surface area contributed by atoms with E-state index in [0.29, 0.717) is 36.7 Å². The molecule has 0 aliphatic carbocycles. The topological polar surface area (TPSA) is 235 Å². The Bertz CT molecular complexity index is 4100. The number of aromatic amines is 1. The molecule has 0 saturated heterocycles. The number of hydrogen-bond donors (Lipinski definition) is 3. The first kappa shape index (κ1) is 54.8. The normalized spacial score (nSPS) is 11.6. The molecule has 11 rings (SSSR count). The summed E-state index contributed by atoms with van der Waals surface area (Å²) < 4.78 is 21.6. The van der Waals surface area contributed by atoms with E-state index >= 15 is 0 Å². The Hall–Kier alpha value is -9.55. The van der Waals surface area contributed by atoms with Crippen LogP contribution in [0.1, 0.15) is 113 Å². The van der Waals surface area contributed by atoms with Crippen LogP contribution in [0.2, 0.25) is 0 Å². The molecule has 0 spiro atoms. The molecular weight excluding hydrogens is 1020 g/mol. The standard InChI is InChI=1S/C34H32N4O2.C29H30N6O6/c1-4-5-14-31-36-32-22(2)19-25(33-35-28-12-8-9-13-29(28)37(33)3)20-30(32)38(31)21-23-15-17-24(18-16-23)26-10-6-7-11-27(26)34(39)40;1-5-8-23-30-25(29(3,4)38)24(27(36)39-16-22-17(2)40-28(37)41-22)35(23)15-18-11-13-19(14-12-18)20-9-6-7-10-21(20)26-31-33-34-32-26/h6-13,15-20H,4-5,14,21H2,1-3H3,(H,39,40);6-7,9-14,38H,5,8,15-16H2,1-4H3,(H,31,32,33,34). The molecule has 18 nitrogen and oxygen atoms in total. The zero-order valence-electron chi connectivity index (χ0n) is 46.2. The monoisotopic (exact) mass is 1090 g/mol. The number of carboxylic acid groups (broad SMARTS) is 1. The fraction of sp³-hybridized carbons (Fsp3) is 0.254. The summed E-state index contributed by atoms with van der Waals surface area (Å²) in [6.45, 7) is 11.7. The number of ether oxygens (including phenoxy) is 1. The number of aromatic carboxylic acids is 1. The molecule has 412 valence electrons. The maximum atomic E-state index is 13.5. The first-order valence-corrected chi connectivity index (χ1v) is 26.9. The molecule has 0 bridgehead atoms. The average Bonchev–Trinajstić information content (AvgIpc) is 4.37. The number of para-hydroxylation sites is 2. The van der Waals surface area contributed by atoms with Crippen molar-refractivity contribution in [3.63, 3.8) is 0 Å². The molecule has 18 heteroatoms. The Morgan fingerprint density at radius 1 is 0.704 bits per heavy atom. The fourth-order valence-corrected chi connectivity index (χ4v) is 10.2. The van der Waals surface area contributed by atoms with Crippen LogP contribution in [0.5, 0.6) is 0 Å². The van der Waals surface area contributed by atoms with E-state index in [2.05, 4.69) is 92.0 Å². The minimum Gasteiger partial charge on any atom is -0.478 e. The zero-order valence-corrected chi connectivity index (χ0v) is 46.2. The Morgan fingerprint density at radius 3 is 1.98 bits per heavy atom. The van der Waals surface area contributed by atoms with Gasteiger partial charge in [0.15, 0.2) is 23.8 Å². The summed E-state index contributed by atoms with van der Waals surface area (Å²) in [6, 6.07) is 43.7. The van der Waals surface area contributed by atoms with Crippen LogP contribution in [0.15, 0.2) is 147 Å². The number of nitrogens with zero attached hydrogens (tertiary/aromatic N) is 9. The van der Waals surface area contributed by atoms with E-state index in [-0.39, 0.29) is 29.5 Å². The van der Waals surface area contributed by atoms with Gasteiger partial charge in [-0.2, -0.15) is 5.21 Å². The molecule has 3 N–H and O–H groups in total. The highest BCUT2D eigenvalue weighted by Crippen LogP contribution is 2.34. The SMILES string of the molecule is CCCCc1nc2c(C)cc(-c3nc4ccccc4n3C)cc2n1Cc1ccc(-c2ccccc2C(=O)O)cc1.CCCc1nc(C(C)(C)O)c(C(=O)OCc2oc(=O)oc2C)n1Cc1ccc(-c2ccccc2-c2nn[nH]n2)cc1. The quantitative estimate of drug-likeness (QED) is 0.0678. The second-order valence-corrected chi connectivity index (χ2v) is 20.5. The highest BCUT2D eigenvalue weighted by Gasteiger charge is 2.33. The van der Waals surface area contributed by atoms with Crippen LogP contribution in [0.4, 0.5) is 0 Å². The van der Waals surface area contributed by atoms with Gasteiger partial charge in [-0.15, -0.1) is 10.2 Å². The number of aliphatic hydroxyl groups is 1. The molecule has 0 saturated carbocycles. The molecule has 11 aromatic rings. The highest BCUT2D eigenvalue weighted by molar-refractivity contribution is 5.96. The van der Waals surface area contributed by atoms with Crippen molar-refractivity contribution in [3.05, 3.63) is 201 Å². The molecule has 0 radical (unpaired) electrons. The lowest BCUT2D eigenvalue weighted by molar-refractivity contribution is 0.0395. The van der Waals surface area contributed by atoms with Gasteiger partial charge in [-0.05, 0) is 115 Å². The molecule has 0 atom stereocenters. The van der Waals surface area contributed by atoms with Crippen molar-refractivity contribution in [2.24, 2.45) is 7.05 Å². The van der Waals surface area contributed by atoms with E-state index in [1.807, 2.05) is 91.9 Å². The number of aromatic nitrogens is 10. The zero-order chi connectivity index (χ0) is 57.0. The lowest BCUT2D eigenvalue weighted by Gasteiger charge is -2.17. The molecule has 0 unspecified atom stereocenters. The number of nitrogens with one attached hydrogen (secondary N) is 1. The van der Waals surface area contributed by atoms with E-state index in [1.165, 1.54) is 0 Å². The predicted octanol–water partition coefficient (Wildman–Crippen LogP) is 11.8. The first-order chi connectivity index (χ1) is 39.1. The van der Waals surface area contributed by atoms with Crippen LogP contribution in [0.25, 0.3) is 67.1 Å². The summed E-state index contributed by atoms with van der Waals surface area (Å²) in [7, 11) is 2.07. The van der Waals surface area contributed by atoms with Gasteiger partial charge in [0, 0.05) is 44.1 Å². The number of benzene rings is 6. The highest BCUT2D eigenvalue weighted by atomic mass is 16.6. The predicted molar refractivity (Wildman–Crippen MR) is 307 cm³/mol. The van der Waals surface area contributed by atoms with Gasteiger partial charge in [0.05, 0.1) is 27.6 Å². The Kier molecular flexibility index (Phi) is 15.8. The van der Waals surface area contributed by atoms with Crippen LogP contribution < -0.4 is 5.82 Å². The Balaban J connectivity index is 0.000000182. The number of imidazole rings is 3. The van der Waals surface area contributed by atoms with Crippen molar-refractivity contribution in [1.82, 2.24) is 49.3 Å². The number of rotatable bonds is 18. The summed E-state index contributed by atoms with van der Waals surface area (Å²) in [5, 5.41) is 34.9. The molecule has 5 heterocycles.